The molecular weight excluding hydrogens is 285 g/mol. The fourth-order valence-electron chi connectivity index (χ4n) is 1.55. The highest BCUT2D eigenvalue weighted by Crippen LogP contribution is 2.27. The molecule has 2 N–H and O–H groups in total. The van der Waals surface area contributed by atoms with Gasteiger partial charge in [-0.15, -0.1) is 10.2 Å². The van der Waals surface area contributed by atoms with Crippen LogP contribution in [0.15, 0.2) is 24.3 Å². The van der Waals surface area contributed by atoms with Crippen LogP contribution in [-0.2, 0) is 4.74 Å². The molecule has 0 unspecified atom stereocenters. The van der Waals surface area contributed by atoms with E-state index in [2.05, 4.69) is 10.2 Å². The summed E-state index contributed by atoms with van der Waals surface area (Å²) >= 11 is 5.84. The van der Waals surface area contributed by atoms with Gasteiger partial charge in [0.25, 0.3) is 5.88 Å². The van der Waals surface area contributed by atoms with Crippen molar-refractivity contribution >= 4 is 17.3 Å². The minimum Gasteiger partial charge on any atom is -0.473 e. The molecule has 0 aliphatic heterocycles. The van der Waals surface area contributed by atoms with E-state index < -0.39 is 5.82 Å². The Labute approximate surface area is 120 Å². The molecule has 0 bridgehead atoms. The number of aromatic nitrogens is 2. The number of nitrogens with zero attached hydrogens (tertiary/aromatic N) is 2. The molecule has 0 fully saturated rings. The molecular formula is C13H13ClFN3O2. The number of rotatable bonds is 5. The van der Waals surface area contributed by atoms with Crippen LogP contribution in [0.3, 0.4) is 0 Å². The number of halogens is 2. The minimum absolute atomic E-state index is 0.188. The summed E-state index contributed by atoms with van der Waals surface area (Å²) in [6.45, 7) is 0.714. The number of hydrogen-bond donors (Lipinski definition) is 1. The van der Waals surface area contributed by atoms with Gasteiger partial charge in [0.2, 0.25) is 0 Å². The summed E-state index contributed by atoms with van der Waals surface area (Å²) in [5.41, 5.74) is 6.60. The second-order valence-electron chi connectivity index (χ2n) is 3.96. The second kappa shape index (κ2) is 6.49. The van der Waals surface area contributed by atoms with E-state index in [4.69, 9.17) is 26.8 Å². The van der Waals surface area contributed by atoms with Crippen LogP contribution in [0.2, 0.25) is 5.02 Å². The molecule has 0 atom stereocenters. The van der Waals surface area contributed by atoms with Crippen molar-refractivity contribution in [2.75, 3.05) is 26.1 Å². The first-order chi connectivity index (χ1) is 9.61. The number of nitrogen functional groups attached to an aromatic ring is 1. The summed E-state index contributed by atoms with van der Waals surface area (Å²) in [4.78, 5) is 0. The van der Waals surface area contributed by atoms with Crippen LogP contribution in [0.5, 0.6) is 5.88 Å². The molecule has 2 rings (SSSR count). The maximum atomic E-state index is 13.7. The zero-order chi connectivity index (χ0) is 14.5. The molecule has 5 nitrogen and oxygen atoms in total. The van der Waals surface area contributed by atoms with E-state index in [1.807, 2.05) is 0 Å². The lowest BCUT2D eigenvalue weighted by atomic mass is 10.1. The number of hydrogen-bond acceptors (Lipinski definition) is 5. The first-order valence-corrected chi connectivity index (χ1v) is 6.20. The summed E-state index contributed by atoms with van der Waals surface area (Å²) in [5.74, 6) is -0.260. The Morgan fingerprint density at radius 1 is 1.25 bits per heavy atom. The number of anilines is 1. The van der Waals surface area contributed by atoms with Gasteiger partial charge in [-0.2, -0.15) is 0 Å². The summed E-state index contributed by atoms with van der Waals surface area (Å²) < 4.78 is 23.8. The van der Waals surface area contributed by atoms with E-state index in [9.17, 15) is 4.39 Å². The molecule has 0 aliphatic carbocycles. The van der Waals surface area contributed by atoms with Gasteiger partial charge in [-0.25, -0.2) is 4.39 Å². The fourth-order valence-corrected chi connectivity index (χ4v) is 1.73. The van der Waals surface area contributed by atoms with Crippen molar-refractivity contribution in [3.8, 4) is 17.1 Å². The average molecular weight is 298 g/mol. The molecule has 1 aromatic carbocycles. The van der Waals surface area contributed by atoms with Crippen LogP contribution < -0.4 is 10.5 Å². The summed E-state index contributed by atoms with van der Waals surface area (Å²) in [5, 5.41) is 8.14. The normalized spacial score (nSPS) is 10.6. The van der Waals surface area contributed by atoms with Gasteiger partial charge >= 0.3 is 0 Å². The lowest BCUT2D eigenvalue weighted by Crippen LogP contribution is -2.08. The summed E-state index contributed by atoms with van der Waals surface area (Å²) in [7, 11) is 1.56. The SMILES string of the molecule is COCCOc1nnc(-c2cc(Cl)ccc2F)cc1N. The van der Waals surface area contributed by atoms with Gasteiger partial charge in [0.1, 0.15) is 12.4 Å². The number of nitrogens with two attached hydrogens (primary N) is 1. The standard InChI is InChI=1S/C13H13ClFN3O2/c1-19-4-5-20-13-11(16)7-12(17-18-13)9-6-8(14)2-3-10(9)15/h2-3,6-7H,4-5H2,1H3,(H2,16,17). The first kappa shape index (κ1) is 14.5. The largest absolute Gasteiger partial charge is 0.473 e. The van der Waals surface area contributed by atoms with Gasteiger partial charge in [0, 0.05) is 17.7 Å². The van der Waals surface area contributed by atoms with Crippen molar-refractivity contribution in [1.82, 2.24) is 10.2 Å². The van der Waals surface area contributed by atoms with Crippen LogP contribution in [-0.4, -0.2) is 30.5 Å². The van der Waals surface area contributed by atoms with Crippen molar-refractivity contribution in [3.05, 3.63) is 35.1 Å². The molecule has 106 valence electrons. The van der Waals surface area contributed by atoms with Gasteiger partial charge in [-0.05, 0) is 24.3 Å². The zero-order valence-electron chi connectivity index (χ0n) is 10.8. The van der Waals surface area contributed by atoms with Crippen LogP contribution in [0.25, 0.3) is 11.3 Å². The number of methoxy groups -OCH3 is 1. The third kappa shape index (κ3) is 3.34. The Kier molecular flexibility index (Phi) is 4.70. The number of ether oxygens (including phenoxy) is 2. The molecule has 0 spiro atoms. The lowest BCUT2D eigenvalue weighted by molar-refractivity contribution is 0.143. The van der Waals surface area contributed by atoms with Crippen LogP contribution in [0.4, 0.5) is 10.1 Å². The Morgan fingerprint density at radius 3 is 2.75 bits per heavy atom. The molecule has 0 saturated carbocycles. The quantitative estimate of drug-likeness (QED) is 0.859. The summed E-state index contributed by atoms with van der Waals surface area (Å²) in [6.07, 6.45) is 0. The Hall–Kier alpha value is -1.92. The van der Waals surface area contributed by atoms with E-state index in [1.54, 1.807) is 7.11 Å². The van der Waals surface area contributed by atoms with Gasteiger partial charge in [-0.1, -0.05) is 11.6 Å². The van der Waals surface area contributed by atoms with Gasteiger partial charge in [-0.3, -0.25) is 0 Å². The smallest absolute Gasteiger partial charge is 0.257 e. The maximum Gasteiger partial charge on any atom is 0.257 e. The van der Waals surface area contributed by atoms with Crippen molar-refractivity contribution in [3.63, 3.8) is 0 Å². The predicted molar refractivity (Wildman–Crippen MR) is 74.2 cm³/mol. The Morgan fingerprint density at radius 2 is 2.05 bits per heavy atom. The highest BCUT2D eigenvalue weighted by molar-refractivity contribution is 6.30. The zero-order valence-corrected chi connectivity index (χ0v) is 11.5. The lowest BCUT2D eigenvalue weighted by Gasteiger charge is -2.08. The molecule has 7 heteroatoms. The van der Waals surface area contributed by atoms with Crippen LogP contribution in [0.1, 0.15) is 0 Å². The maximum absolute atomic E-state index is 13.7. The first-order valence-electron chi connectivity index (χ1n) is 5.82. The van der Waals surface area contributed by atoms with Gasteiger partial charge in [0.05, 0.1) is 18.0 Å². The average Bonchev–Trinajstić information content (AvgIpc) is 2.43. The highest BCUT2D eigenvalue weighted by atomic mass is 35.5. The van der Waals surface area contributed by atoms with Crippen molar-refractivity contribution in [2.24, 2.45) is 0 Å². The van der Waals surface area contributed by atoms with Crippen molar-refractivity contribution in [2.45, 2.75) is 0 Å². The molecule has 0 saturated heterocycles. The van der Waals surface area contributed by atoms with Crippen LogP contribution >= 0.6 is 11.6 Å². The third-order valence-electron chi connectivity index (χ3n) is 2.52. The van der Waals surface area contributed by atoms with E-state index in [0.29, 0.717) is 23.9 Å². The van der Waals surface area contributed by atoms with Crippen molar-refractivity contribution in [1.29, 1.82) is 0 Å². The number of benzene rings is 1. The molecule has 2 aromatic rings. The predicted octanol–water partition coefficient (Wildman–Crippen LogP) is 2.54. The highest BCUT2D eigenvalue weighted by Gasteiger charge is 2.11. The molecule has 0 amide bonds. The Balaban J connectivity index is 2.26. The molecule has 0 aliphatic rings. The third-order valence-corrected chi connectivity index (χ3v) is 2.75. The monoisotopic (exact) mass is 297 g/mol. The van der Waals surface area contributed by atoms with Gasteiger partial charge < -0.3 is 15.2 Å². The molecule has 0 radical (unpaired) electrons. The fraction of sp³-hybridized carbons (Fsp3) is 0.231. The van der Waals surface area contributed by atoms with Gasteiger partial charge in [0.15, 0.2) is 0 Å². The van der Waals surface area contributed by atoms with E-state index >= 15 is 0 Å². The molecule has 1 heterocycles. The van der Waals surface area contributed by atoms with E-state index in [1.165, 1.54) is 24.3 Å². The summed E-state index contributed by atoms with van der Waals surface area (Å²) in [6, 6.07) is 5.67. The minimum atomic E-state index is -0.448. The second-order valence-corrected chi connectivity index (χ2v) is 4.39. The topological polar surface area (TPSA) is 70.3 Å². The molecule has 1 aromatic heterocycles. The molecule has 20 heavy (non-hydrogen) atoms. The Bertz CT molecular complexity index is 610. The van der Waals surface area contributed by atoms with E-state index in [0.717, 1.165) is 0 Å². The van der Waals surface area contributed by atoms with E-state index in [-0.39, 0.29) is 17.1 Å². The van der Waals surface area contributed by atoms with Crippen LogP contribution in [0, 0.1) is 5.82 Å². The van der Waals surface area contributed by atoms with Crippen molar-refractivity contribution < 1.29 is 13.9 Å².